The van der Waals surface area contributed by atoms with E-state index in [1.54, 1.807) is 26.0 Å². The topological polar surface area (TPSA) is 102 Å². The number of morpholine rings is 1. The maximum atomic E-state index is 13.1. The van der Waals surface area contributed by atoms with Crippen LogP contribution >= 0.6 is 11.3 Å². The first-order chi connectivity index (χ1) is 15.2. The molecule has 1 aromatic carbocycles. The summed E-state index contributed by atoms with van der Waals surface area (Å²) in [7, 11) is -3.76. The zero-order valence-corrected chi connectivity index (χ0v) is 20.3. The summed E-state index contributed by atoms with van der Waals surface area (Å²) in [4.78, 5) is 26.6. The minimum Gasteiger partial charge on any atom is -0.462 e. The molecule has 0 saturated carbocycles. The van der Waals surface area contributed by atoms with E-state index in [2.05, 4.69) is 5.32 Å². The predicted molar refractivity (Wildman–Crippen MR) is 123 cm³/mol. The van der Waals surface area contributed by atoms with E-state index in [4.69, 9.17) is 9.47 Å². The molecule has 0 aliphatic carbocycles. The van der Waals surface area contributed by atoms with Gasteiger partial charge in [0.15, 0.2) is 0 Å². The predicted octanol–water partition coefficient (Wildman–Crippen LogP) is 3.38. The number of sulfonamides is 1. The van der Waals surface area contributed by atoms with Gasteiger partial charge in [0.25, 0.3) is 5.91 Å². The minimum absolute atomic E-state index is 0.0919. The van der Waals surface area contributed by atoms with Crippen LogP contribution in [0, 0.1) is 13.8 Å². The lowest BCUT2D eigenvalue weighted by Gasteiger charge is -2.26. The van der Waals surface area contributed by atoms with Crippen molar-refractivity contribution in [2.24, 2.45) is 0 Å². The molecule has 0 atom stereocenters. The van der Waals surface area contributed by atoms with E-state index in [1.807, 2.05) is 13.8 Å². The Kier molecular flexibility index (Phi) is 7.71. The van der Waals surface area contributed by atoms with Crippen LogP contribution in [-0.2, 0) is 25.9 Å². The summed E-state index contributed by atoms with van der Waals surface area (Å²) in [5.41, 5.74) is 1.95. The SMILES string of the molecule is CCOC(=O)c1c(NC(=O)c2ccc(C)c(S(=O)(=O)N3CCOCC3)c2)sc(C)c1CC. The molecule has 1 aliphatic heterocycles. The largest absolute Gasteiger partial charge is 0.462 e. The van der Waals surface area contributed by atoms with E-state index >= 15 is 0 Å². The lowest BCUT2D eigenvalue weighted by molar-refractivity contribution is 0.0527. The Morgan fingerprint density at radius 3 is 2.50 bits per heavy atom. The summed E-state index contributed by atoms with van der Waals surface area (Å²) in [5, 5.41) is 3.19. The van der Waals surface area contributed by atoms with Gasteiger partial charge in [-0.3, -0.25) is 4.79 Å². The van der Waals surface area contributed by atoms with Crippen LogP contribution in [-0.4, -0.2) is 57.5 Å². The van der Waals surface area contributed by atoms with Gasteiger partial charge in [0.05, 0.1) is 30.3 Å². The molecule has 1 aromatic heterocycles. The maximum Gasteiger partial charge on any atom is 0.341 e. The van der Waals surface area contributed by atoms with Crippen molar-refractivity contribution in [2.75, 3.05) is 38.2 Å². The number of nitrogens with zero attached hydrogens (tertiary/aromatic N) is 1. The van der Waals surface area contributed by atoms with E-state index in [0.717, 1.165) is 10.4 Å². The Morgan fingerprint density at radius 1 is 1.19 bits per heavy atom. The molecule has 174 valence electrons. The first-order valence-electron chi connectivity index (χ1n) is 10.5. The van der Waals surface area contributed by atoms with Gasteiger partial charge >= 0.3 is 5.97 Å². The van der Waals surface area contributed by atoms with Crippen molar-refractivity contribution < 1.29 is 27.5 Å². The summed E-state index contributed by atoms with van der Waals surface area (Å²) >= 11 is 1.31. The number of amides is 1. The lowest BCUT2D eigenvalue weighted by Crippen LogP contribution is -2.40. The zero-order valence-electron chi connectivity index (χ0n) is 18.7. The fraction of sp³-hybridized carbons (Fsp3) is 0.455. The van der Waals surface area contributed by atoms with Gasteiger partial charge in [-0.05, 0) is 50.5 Å². The number of anilines is 1. The molecule has 3 rings (SSSR count). The van der Waals surface area contributed by atoms with Gasteiger partial charge in [-0.1, -0.05) is 13.0 Å². The smallest absolute Gasteiger partial charge is 0.341 e. The lowest BCUT2D eigenvalue weighted by atomic mass is 10.1. The normalized spacial score (nSPS) is 14.9. The Balaban J connectivity index is 1.93. The number of aryl methyl sites for hydroxylation is 2. The third-order valence-corrected chi connectivity index (χ3v) is 8.41. The van der Waals surface area contributed by atoms with Crippen LogP contribution in [0.2, 0.25) is 0 Å². The first-order valence-corrected chi connectivity index (χ1v) is 12.8. The van der Waals surface area contributed by atoms with Crippen molar-refractivity contribution >= 4 is 38.2 Å². The Labute approximate surface area is 192 Å². The van der Waals surface area contributed by atoms with Crippen LogP contribution in [0.25, 0.3) is 0 Å². The highest BCUT2D eigenvalue weighted by molar-refractivity contribution is 7.89. The third-order valence-electron chi connectivity index (χ3n) is 5.31. The Hall–Kier alpha value is -2.27. The number of thiophene rings is 1. The van der Waals surface area contributed by atoms with Crippen molar-refractivity contribution in [3.05, 3.63) is 45.3 Å². The molecule has 1 aliphatic rings. The molecule has 0 radical (unpaired) electrons. The van der Waals surface area contributed by atoms with E-state index in [1.165, 1.54) is 21.7 Å². The number of nitrogens with one attached hydrogen (secondary N) is 1. The quantitative estimate of drug-likeness (QED) is 0.610. The minimum atomic E-state index is -3.76. The fourth-order valence-corrected chi connectivity index (χ4v) is 6.42. The standard InChI is InChI=1S/C22H28N2O6S2/c1-5-17-15(4)31-21(19(17)22(26)30-6-2)23-20(25)16-8-7-14(3)18(13-16)32(27,28)24-9-11-29-12-10-24/h7-8,13H,5-6,9-12H2,1-4H3,(H,23,25). The van der Waals surface area contributed by atoms with Crippen molar-refractivity contribution in [1.82, 2.24) is 4.31 Å². The first kappa shape index (κ1) is 24.4. The molecule has 0 bridgehead atoms. The van der Waals surface area contributed by atoms with Crippen molar-refractivity contribution in [3.8, 4) is 0 Å². The number of carbonyl (C=O) groups is 2. The maximum absolute atomic E-state index is 13.1. The van der Waals surface area contributed by atoms with Gasteiger partial charge in [-0.2, -0.15) is 4.31 Å². The Bertz CT molecular complexity index is 1120. The molecule has 0 unspecified atom stereocenters. The molecule has 1 saturated heterocycles. The number of benzene rings is 1. The average Bonchev–Trinajstić information content (AvgIpc) is 3.09. The van der Waals surface area contributed by atoms with Gasteiger partial charge in [0, 0.05) is 23.5 Å². The van der Waals surface area contributed by atoms with Gasteiger partial charge in [0.1, 0.15) is 5.00 Å². The summed E-state index contributed by atoms with van der Waals surface area (Å²) in [6.45, 7) is 8.70. The number of carbonyl (C=O) groups excluding carboxylic acids is 2. The number of hydrogen-bond donors (Lipinski definition) is 1. The molecule has 2 heterocycles. The van der Waals surface area contributed by atoms with Crippen molar-refractivity contribution in [2.45, 2.75) is 39.0 Å². The fourth-order valence-electron chi connectivity index (χ4n) is 3.63. The molecular formula is C22H28N2O6S2. The number of hydrogen-bond acceptors (Lipinski definition) is 7. The molecule has 2 aromatic rings. The van der Waals surface area contributed by atoms with E-state index in [-0.39, 0.29) is 30.2 Å². The van der Waals surface area contributed by atoms with Crippen LogP contribution < -0.4 is 5.32 Å². The summed E-state index contributed by atoms with van der Waals surface area (Å²) in [5.74, 6) is -0.971. The van der Waals surface area contributed by atoms with Crippen LogP contribution in [0.15, 0.2) is 23.1 Å². The second kappa shape index (κ2) is 10.1. The molecule has 1 N–H and O–H groups in total. The number of rotatable bonds is 7. The van der Waals surface area contributed by atoms with E-state index in [9.17, 15) is 18.0 Å². The monoisotopic (exact) mass is 480 g/mol. The van der Waals surface area contributed by atoms with Crippen molar-refractivity contribution in [1.29, 1.82) is 0 Å². The number of esters is 1. The summed E-state index contributed by atoms with van der Waals surface area (Å²) < 4.78 is 38.0. The van der Waals surface area contributed by atoms with Crippen molar-refractivity contribution in [3.63, 3.8) is 0 Å². The second-order valence-corrected chi connectivity index (χ2v) is 10.5. The highest BCUT2D eigenvalue weighted by Gasteiger charge is 2.29. The molecule has 32 heavy (non-hydrogen) atoms. The second-order valence-electron chi connectivity index (χ2n) is 7.37. The highest BCUT2D eigenvalue weighted by Crippen LogP contribution is 2.34. The van der Waals surface area contributed by atoms with Gasteiger partial charge in [0.2, 0.25) is 10.0 Å². The summed E-state index contributed by atoms with van der Waals surface area (Å²) in [6.07, 6.45) is 0.624. The Morgan fingerprint density at radius 2 is 1.88 bits per heavy atom. The van der Waals surface area contributed by atoms with Crippen LogP contribution in [0.3, 0.4) is 0 Å². The summed E-state index contributed by atoms with van der Waals surface area (Å²) in [6, 6.07) is 4.58. The number of ether oxygens (including phenoxy) is 2. The zero-order chi connectivity index (χ0) is 23.5. The van der Waals surface area contributed by atoms with Gasteiger partial charge < -0.3 is 14.8 Å². The molecule has 10 heteroatoms. The average molecular weight is 481 g/mol. The highest BCUT2D eigenvalue weighted by atomic mass is 32.2. The molecule has 1 fully saturated rings. The van der Waals surface area contributed by atoms with Crippen LogP contribution in [0.4, 0.5) is 5.00 Å². The molecule has 1 amide bonds. The van der Waals surface area contributed by atoms with Crippen LogP contribution in [0.1, 0.15) is 50.6 Å². The van der Waals surface area contributed by atoms with Gasteiger partial charge in [-0.25, -0.2) is 13.2 Å². The third kappa shape index (κ3) is 4.88. The van der Waals surface area contributed by atoms with E-state index in [0.29, 0.717) is 35.8 Å². The van der Waals surface area contributed by atoms with Gasteiger partial charge in [-0.15, -0.1) is 11.3 Å². The van der Waals surface area contributed by atoms with E-state index < -0.39 is 21.9 Å². The molecule has 8 nitrogen and oxygen atoms in total. The molecule has 0 spiro atoms. The molecular weight excluding hydrogens is 452 g/mol. The van der Waals surface area contributed by atoms with Crippen LogP contribution in [0.5, 0.6) is 0 Å².